The maximum absolute atomic E-state index is 13.1. The number of para-hydroxylation sites is 1. The van der Waals surface area contributed by atoms with Gasteiger partial charge in [0.2, 0.25) is 11.7 Å². The number of carbonyl (C=O) groups excluding carboxylic acids is 1. The van der Waals surface area contributed by atoms with Crippen LogP contribution in [0.25, 0.3) is 22.2 Å². The van der Waals surface area contributed by atoms with Crippen molar-refractivity contribution in [1.82, 2.24) is 15.0 Å². The molecule has 0 spiro atoms. The number of carbonyl (C=O) groups is 1. The van der Waals surface area contributed by atoms with Gasteiger partial charge in [-0.25, -0.2) is 15.0 Å². The molecule has 1 N–H and O–H groups in total. The number of thioether (sulfide) groups is 1. The quantitative estimate of drug-likeness (QED) is 0.166. The molecule has 0 aliphatic heterocycles. The number of nitrogens with zero attached hydrogens (tertiary/aromatic N) is 4. The van der Waals surface area contributed by atoms with Crippen LogP contribution in [0, 0.1) is 10.1 Å². The Labute approximate surface area is 192 Å². The SMILES string of the molecule is O=C(CSc1nc(C(F)(F)F)nc2ccccc12)Nc1nc(-c2cccc([N+](=O)[O-])c2)cs1. The number of rotatable bonds is 6. The van der Waals surface area contributed by atoms with Crippen LogP contribution < -0.4 is 5.32 Å². The number of nitro groups is 1. The summed E-state index contributed by atoms with van der Waals surface area (Å²) in [7, 11) is 0. The Hall–Kier alpha value is -3.58. The molecule has 0 radical (unpaired) electrons. The smallest absolute Gasteiger partial charge is 0.301 e. The first-order valence-corrected chi connectivity index (χ1v) is 11.0. The van der Waals surface area contributed by atoms with Crippen molar-refractivity contribution >= 4 is 50.7 Å². The number of halogens is 3. The van der Waals surface area contributed by atoms with E-state index in [9.17, 15) is 28.1 Å². The van der Waals surface area contributed by atoms with Crippen molar-refractivity contribution in [1.29, 1.82) is 0 Å². The zero-order valence-electron chi connectivity index (χ0n) is 16.4. The van der Waals surface area contributed by atoms with E-state index in [0.29, 0.717) is 16.6 Å². The van der Waals surface area contributed by atoms with Crippen molar-refractivity contribution in [3.8, 4) is 11.3 Å². The first-order chi connectivity index (χ1) is 15.7. The second-order valence-corrected chi connectivity index (χ2v) is 8.37. The van der Waals surface area contributed by atoms with Gasteiger partial charge in [-0.05, 0) is 6.07 Å². The van der Waals surface area contributed by atoms with Gasteiger partial charge in [0, 0.05) is 28.5 Å². The number of fused-ring (bicyclic) bond motifs is 1. The summed E-state index contributed by atoms with van der Waals surface area (Å²) in [6.07, 6.45) is -4.72. The number of hydrogen-bond donors (Lipinski definition) is 1. The molecular formula is C20H12F3N5O3S2. The van der Waals surface area contributed by atoms with Crippen molar-refractivity contribution in [2.24, 2.45) is 0 Å². The molecule has 0 fully saturated rings. The summed E-state index contributed by atoms with van der Waals surface area (Å²) in [5, 5.41) is 15.9. The van der Waals surface area contributed by atoms with Crippen LogP contribution in [0.5, 0.6) is 0 Å². The summed E-state index contributed by atoms with van der Waals surface area (Å²) >= 11 is 1.98. The average Bonchev–Trinajstić information content (AvgIpc) is 3.25. The Kier molecular flexibility index (Phi) is 6.24. The van der Waals surface area contributed by atoms with Crippen molar-refractivity contribution in [3.05, 3.63) is 69.8 Å². The second-order valence-electron chi connectivity index (χ2n) is 6.55. The van der Waals surface area contributed by atoms with Gasteiger partial charge in [-0.1, -0.05) is 42.1 Å². The molecule has 0 aliphatic rings. The molecule has 0 aliphatic carbocycles. The number of nitro benzene ring substituents is 1. The Bertz CT molecular complexity index is 1360. The Morgan fingerprint density at radius 1 is 1.12 bits per heavy atom. The predicted octanol–water partition coefficient (Wildman–Crippen LogP) is 5.41. The number of aromatic nitrogens is 3. The molecule has 0 bridgehead atoms. The zero-order chi connectivity index (χ0) is 23.6. The third kappa shape index (κ3) is 5.26. The van der Waals surface area contributed by atoms with Crippen LogP contribution in [0.1, 0.15) is 5.82 Å². The number of amides is 1. The molecule has 168 valence electrons. The van der Waals surface area contributed by atoms with Crippen LogP contribution in [0.15, 0.2) is 58.9 Å². The Morgan fingerprint density at radius 3 is 2.67 bits per heavy atom. The minimum Gasteiger partial charge on any atom is -0.301 e. The summed E-state index contributed by atoms with van der Waals surface area (Å²) in [5.74, 6) is -1.97. The van der Waals surface area contributed by atoms with E-state index in [-0.39, 0.29) is 27.1 Å². The van der Waals surface area contributed by atoms with E-state index in [2.05, 4.69) is 20.3 Å². The van der Waals surface area contributed by atoms with Crippen LogP contribution in [-0.4, -0.2) is 31.5 Å². The van der Waals surface area contributed by atoms with Crippen molar-refractivity contribution in [2.45, 2.75) is 11.2 Å². The van der Waals surface area contributed by atoms with Crippen molar-refractivity contribution in [3.63, 3.8) is 0 Å². The van der Waals surface area contributed by atoms with Crippen LogP contribution >= 0.6 is 23.1 Å². The molecule has 2 heterocycles. The molecule has 0 saturated carbocycles. The van der Waals surface area contributed by atoms with Gasteiger partial charge in [0.25, 0.3) is 5.69 Å². The van der Waals surface area contributed by atoms with Gasteiger partial charge in [-0.3, -0.25) is 14.9 Å². The van der Waals surface area contributed by atoms with Crippen molar-refractivity contribution < 1.29 is 22.9 Å². The summed E-state index contributed by atoms with van der Waals surface area (Å²) in [6.45, 7) is 0. The Balaban J connectivity index is 1.47. The van der Waals surface area contributed by atoms with Gasteiger partial charge in [-0.15, -0.1) is 11.3 Å². The number of non-ortho nitro benzene ring substituents is 1. The topological polar surface area (TPSA) is 111 Å². The zero-order valence-corrected chi connectivity index (χ0v) is 18.0. The molecule has 1 amide bonds. The summed E-state index contributed by atoms with van der Waals surface area (Å²) in [5.41, 5.74) is 1.01. The third-order valence-electron chi connectivity index (χ3n) is 4.27. The van der Waals surface area contributed by atoms with E-state index in [4.69, 9.17) is 0 Å². The number of nitrogens with one attached hydrogen (secondary N) is 1. The lowest BCUT2D eigenvalue weighted by atomic mass is 10.1. The molecule has 4 aromatic rings. The van der Waals surface area contributed by atoms with Crippen LogP contribution in [0.2, 0.25) is 0 Å². The van der Waals surface area contributed by atoms with Crippen LogP contribution in [-0.2, 0) is 11.0 Å². The first-order valence-electron chi connectivity index (χ1n) is 9.18. The third-order valence-corrected chi connectivity index (χ3v) is 6.01. The lowest BCUT2D eigenvalue weighted by molar-refractivity contribution is -0.384. The van der Waals surface area contributed by atoms with Gasteiger partial charge in [0.15, 0.2) is 5.13 Å². The minimum atomic E-state index is -4.72. The molecule has 0 atom stereocenters. The van der Waals surface area contributed by atoms with Gasteiger partial charge in [0.05, 0.1) is 21.9 Å². The van der Waals surface area contributed by atoms with E-state index in [1.807, 2.05) is 0 Å². The average molecular weight is 491 g/mol. The highest BCUT2D eigenvalue weighted by Crippen LogP contribution is 2.32. The summed E-state index contributed by atoms with van der Waals surface area (Å²) in [6, 6.07) is 12.2. The maximum Gasteiger partial charge on any atom is 0.451 e. The molecule has 2 aromatic carbocycles. The largest absolute Gasteiger partial charge is 0.451 e. The monoisotopic (exact) mass is 491 g/mol. The molecule has 33 heavy (non-hydrogen) atoms. The standard InChI is InChI=1S/C20H12F3N5O3S2/c21-20(22,23)18-24-14-7-2-1-6-13(14)17(27-18)32-10-16(29)26-19-25-15(9-33-19)11-4-3-5-12(8-11)28(30)31/h1-9H,10H2,(H,25,26,29). The summed E-state index contributed by atoms with van der Waals surface area (Å²) < 4.78 is 39.4. The van der Waals surface area contributed by atoms with Gasteiger partial charge >= 0.3 is 6.18 Å². The van der Waals surface area contributed by atoms with E-state index >= 15 is 0 Å². The molecule has 0 unspecified atom stereocenters. The fraction of sp³-hybridized carbons (Fsp3) is 0.100. The Morgan fingerprint density at radius 2 is 1.91 bits per heavy atom. The first kappa shape index (κ1) is 22.6. The molecule has 2 aromatic heterocycles. The highest BCUT2D eigenvalue weighted by atomic mass is 32.2. The van der Waals surface area contributed by atoms with Gasteiger partial charge < -0.3 is 5.32 Å². The number of anilines is 1. The number of thiazole rings is 1. The van der Waals surface area contributed by atoms with E-state index in [1.54, 1.807) is 29.6 Å². The lowest BCUT2D eigenvalue weighted by Crippen LogP contribution is -2.15. The van der Waals surface area contributed by atoms with Crippen LogP contribution in [0.4, 0.5) is 24.0 Å². The fourth-order valence-corrected chi connectivity index (χ4v) is 4.37. The van der Waals surface area contributed by atoms with Crippen LogP contribution in [0.3, 0.4) is 0 Å². The van der Waals surface area contributed by atoms with E-state index in [1.165, 1.54) is 24.3 Å². The summed E-state index contributed by atoms with van der Waals surface area (Å²) in [4.78, 5) is 34.2. The normalized spacial score (nSPS) is 11.5. The van der Waals surface area contributed by atoms with Gasteiger partial charge in [0.1, 0.15) is 5.03 Å². The van der Waals surface area contributed by atoms with E-state index < -0.39 is 22.8 Å². The van der Waals surface area contributed by atoms with Gasteiger partial charge in [-0.2, -0.15) is 13.2 Å². The molecule has 0 saturated heterocycles. The molecule has 13 heteroatoms. The fourth-order valence-electron chi connectivity index (χ4n) is 2.82. The lowest BCUT2D eigenvalue weighted by Gasteiger charge is -2.10. The molecule has 4 rings (SSSR count). The number of benzene rings is 2. The van der Waals surface area contributed by atoms with E-state index in [0.717, 1.165) is 23.1 Å². The second kappa shape index (κ2) is 9.11. The number of hydrogen-bond acceptors (Lipinski definition) is 8. The number of alkyl halides is 3. The highest BCUT2D eigenvalue weighted by Gasteiger charge is 2.35. The maximum atomic E-state index is 13.1. The molecular weight excluding hydrogens is 479 g/mol. The predicted molar refractivity (Wildman–Crippen MR) is 118 cm³/mol. The highest BCUT2D eigenvalue weighted by molar-refractivity contribution is 8.00. The van der Waals surface area contributed by atoms with Crippen molar-refractivity contribution in [2.75, 3.05) is 11.1 Å². The minimum absolute atomic E-state index is 0.0412. The molecule has 8 nitrogen and oxygen atoms in total.